The predicted molar refractivity (Wildman–Crippen MR) is 87.6 cm³/mol. The molecule has 1 rings (SSSR count). The van der Waals surface area contributed by atoms with E-state index in [4.69, 9.17) is 10.5 Å². The summed E-state index contributed by atoms with van der Waals surface area (Å²) in [5.74, 6) is 0.656. The highest BCUT2D eigenvalue weighted by molar-refractivity contribution is 5.85. The van der Waals surface area contributed by atoms with Gasteiger partial charge in [-0.05, 0) is 40.2 Å². The molecule has 0 aromatic heterocycles. The maximum atomic E-state index is 12.1. The van der Waals surface area contributed by atoms with Gasteiger partial charge in [-0.1, -0.05) is 6.92 Å². The molecule has 0 aliphatic carbocycles. The van der Waals surface area contributed by atoms with Gasteiger partial charge in [0.05, 0.1) is 6.61 Å². The molecular formula is C16H27N3O2. The highest BCUT2D eigenvalue weighted by atomic mass is 16.5. The molecule has 1 amide bonds. The van der Waals surface area contributed by atoms with Crippen molar-refractivity contribution in [2.75, 3.05) is 17.7 Å². The second-order valence-corrected chi connectivity index (χ2v) is 6.24. The van der Waals surface area contributed by atoms with Gasteiger partial charge in [-0.2, -0.15) is 0 Å². The molecule has 0 radical (unpaired) electrons. The summed E-state index contributed by atoms with van der Waals surface area (Å²) < 4.78 is 5.58. The smallest absolute Gasteiger partial charge is 0.242 e. The number of nitrogens with one attached hydrogen (secondary N) is 2. The molecule has 0 heterocycles. The zero-order valence-corrected chi connectivity index (χ0v) is 13.6. The molecule has 5 nitrogen and oxygen atoms in total. The number of nitrogens with two attached hydrogens (primary N) is 1. The minimum atomic E-state index is -0.356. The van der Waals surface area contributed by atoms with Crippen molar-refractivity contribution in [3.63, 3.8) is 0 Å². The summed E-state index contributed by atoms with van der Waals surface area (Å²) in [6.45, 7) is 10.4. The van der Waals surface area contributed by atoms with Crippen LogP contribution in [-0.2, 0) is 4.79 Å². The molecule has 0 aliphatic heterocycles. The molecule has 0 aliphatic rings. The van der Waals surface area contributed by atoms with E-state index in [0.29, 0.717) is 18.0 Å². The van der Waals surface area contributed by atoms with Crippen LogP contribution in [0.15, 0.2) is 18.2 Å². The normalized spacial score (nSPS) is 12.6. The fraction of sp³-hybridized carbons (Fsp3) is 0.562. The molecule has 4 N–H and O–H groups in total. The number of rotatable bonds is 6. The minimum absolute atomic E-state index is 0.0547. The summed E-state index contributed by atoms with van der Waals surface area (Å²) in [5, 5.41) is 6.09. The lowest BCUT2D eigenvalue weighted by molar-refractivity contribution is -0.122. The van der Waals surface area contributed by atoms with Crippen molar-refractivity contribution in [3.8, 4) is 5.75 Å². The molecule has 0 bridgehead atoms. The quantitative estimate of drug-likeness (QED) is 0.705. The molecule has 21 heavy (non-hydrogen) atoms. The molecule has 5 heteroatoms. The molecule has 1 aromatic rings. The lowest BCUT2D eigenvalue weighted by Gasteiger charge is -2.24. The number of benzene rings is 1. The fourth-order valence-corrected chi connectivity index (χ4v) is 1.80. The van der Waals surface area contributed by atoms with Crippen LogP contribution >= 0.6 is 0 Å². The molecule has 1 atom stereocenters. The molecule has 0 spiro atoms. The average molecular weight is 293 g/mol. The first kappa shape index (κ1) is 17.1. The first-order valence-electron chi connectivity index (χ1n) is 7.33. The standard InChI is InChI=1S/C16H27N3O2/c1-6-7-21-14-9-12(17)8-13(10-14)18-11(2)15(20)19-16(3,4)5/h8-11,18H,6-7,17H2,1-5H3,(H,19,20). The summed E-state index contributed by atoms with van der Waals surface area (Å²) in [5.41, 5.74) is 6.99. The van der Waals surface area contributed by atoms with Crippen LogP contribution in [0.2, 0.25) is 0 Å². The van der Waals surface area contributed by atoms with Crippen molar-refractivity contribution < 1.29 is 9.53 Å². The van der Waals surface area contributed by atoms with Crippen LogP contribution in [0.25, 0.3) is 0 Å². The van der Waals surface area contributed by atoms with Gasteiger partial charge in [0.1, 0.15) is 11.8 Å². The SMILES string of the molecule is CCCOc1cc(N)cc(NC(C)C(=O)NC(C)(C)C)c1. The molecule has 0 saturated carbocycles. The Morgan fingerprint density at radius 2 is 2.00 bits per heavy atom. The Morgan fingerprint density at radius 1 is 1.33 bits per heavy atom. The van der Waals surface area contributed by atoms with Crippen LogP contribution in [0.1, 0.15) is 41.0 Å². The van der Waals surface area contributed by atoms with E-state index in [1.807, 2.05) is 40.7 Å². The summed E-state index contributed by atoms with van der Waals surface area (Å²) in [7, 11) is 0. The lowest BCUT2D eigenvalue weighted by atomic mass is 10.1. The van der Waals surface area contributed by atoms with Gasteiger partial charge in [-0.15, -0.1) is 0 Å². The molecule has 0 saturated heterocycles. The van der Waals surface area contributed by atoms with Crippen LogP contribution < -0.4 is 21.1 Å². The van der Waals surface area contributed by atoms with E-state index in [1.54, 1.807) is 12.1 Å². The van der Waals surface area contributed by atoms with Crippen LogP contribution in [0.4, 0.5) is 11.4 Å². The van der Waals surface area contributed by atoms with Crippen molar-refractivity contribution in [1.82, 2.24) is 5.32 Å². The zero-order chi connectivity index (χ0) is 16.0. The molecule has 0 fully saturated rings. The Balaban J connectivity index is 2.73. The highest BCUT2D eigenvalue weighted by Crippen LogP contribution is 2.23. The number of nitrogen functional groups attached to an aromatic ring is 1. The first-order valence-corrected chi connectivity index (χ1v) is 7.33. The van der Waals surface area contributed by atoms with Crippen molar-refractivity contribution in [3.05, 3.63) is 18.2 Å². The largest absolute Gasteiger partial charge is 0.493 e. The van der Waals surface area contributed by atoms with Gasteiger partial charge in [0.25, 0.3) is 0 Å². The van der Waals surface area contributed by atoms with E-state index in [0.717, 1.165) is 12.1 Å². The Labute approximate surface area is 127 Å². The third kappa shape index (κ3) is 6.38. The molecule has 118 valence electrons. The Hall–Kier alpha value is -1.91. The molecular weight excluding hydrogens is 266 g/mol. The van der Waals surface area contributed by atoms with E-state index in [2.05, 4.69) is 10.6 Å². The molecule has 1 unspecified atom stereocenters. The topological polar surface area (TPSA) is 76.4 Å². The monoisotopic (exact) mass is 293 g/mol. The Bertz CT molecular complexity index is 481. The van der Waals surface area contributed by atoms with Gasteiger partial charge in [0.15, 0.2) is 0 Å². The van der Waals surface area contributed by atoms with Crippen molar-refractivity contribution in [2.45, 2.75) is 52.6 Å². The number of amides is 1. The number of carbonyl (C=O) groups is 1. The van der Waals surface area contributed by atoms with Crippen molar-refractivity contribution >= 4 is 17.3 Å². The second-order valence-electron chi connectivity index (χ2n) is 6.24. The third-order valence-corrected chi connectivity index (χ3v) is 2.68. The maximum absolute atomic E-state index is 12.1. The van der Waals surface area contributed by atoms with Crippen molar-refractivity contribution in [1.29, 1.82) is 0 Å². The van der Waals surface area contributed by atoms with Gasteiger partial charge >= 0.3 is 0 Å². The van der Waals surface area contributed by atoms with Crippen LogP contribution in [0.3, 0.4) is 0 Å². The summed E-state index contributed by atoms with van der Waals surface area (Å²) in [6, 6.07) is 5.07. The van der Waals surface area contributed by atoms with Crippen LogP contribution in [0, 0.1) is 0 Å². The van der Waals surface area contributed by atoms with Gasteiger partial charge in [-0.3, -0.25) is 4.79 Å². The fourth-order valence-electron chi connectivity index (χ4n) is 1.80. The summed E-state index contributed by atoms with van der Waals surface area (Å²) in [4.78, 5) is 12.1. The van der Waals surface area contributed by atoms with Crippen LogP contribution in [0.5, 0.6) is 5.75 Å². The third-order valence-electron chi connectivity index (χ3n) is 2.68. The number of hydrogen-bond donors (Lipinski definition) is 3. The molecule has 1 aromatic carbocycles. The maximum Gasteiger partial charge on any atom is 0.242 e. The van der Waals surface area contributed by atoms with Gasteiger partial charge < -0.3 is 21.1 Å². The Morgan fingerprint density at radius 3 is 2.57 bits per heavy atom. The van der Waals surface area contributed by atoms with E-state index in [9.17, 15) is 4.79 Å². The lowest BCUT2D eigenvalue weighted by Crippen LogP contribution is -2.47. The van der Waals surface area contributed by atoms with Gasteiger partial charge in [0.2, 0.25) is 5.91 Å². The van der Waals surface area contributed by atoms with Gasteiger partial charge in [0, 0.05) is 29.0 Å². The average Bonchev–Trinajstić information content (AvgIpc) is 2.33. The second kappa shape index (κ2) is 7.20. The van der Waals surface area contributed by atoms with Gasteiger partial charge in [-0.25, -0.2) is 0 Å². The van der Waals surface area contributed by atoms with E-state index in [-0.39, 0.29) is 17.5 Å². The summed E-state index contributed by atoms with van der Waals surface area (Å²) >= 11 is 0. The highest BCUT2D eigenvalue weighted by Gasteiger charge is 2.19. The number of anilines is 2. The van der Waals surface area contributed by atoms with E-state index >= 15 is 0 Å². The Kier molecular flexibility index (Phi) is 5.88. The minimum Gasteiger partial charge on any atom is -0.493 e. The van der Waals surface area contributed by atoms with E-state index < -0.39 is 0 Å². The zero-order valence-electron chi connectivity index (χ0n) is 13.6. The first-order chi connectivity index (χ1) is 9.71. The number of ether oxygens (including phenoxy) is 1. The summed E-state index contributed by atoms with van der Waals surface area (Å²) in [6.07, 6.45) is 0.932. The van der Waals surface area contributed by atoms with E-state index in [1.165, 1.54) is 0 Å². The van der Waals surface area contributed by atoms with Crippen LogP contribution in [-0.4, -0.2) is 24.1 Å². The van der Waals surface area contributed by atoms with Crippen molar-refractivity contribution in [2.24, 2.45) is 0 Å². The number of hydrogen-bond acceptors (Lipinski definition) is 4. The number of carbonyl (C=O) groups excluding carboxylic acids is 1. The predicted octanol–water partition coefficient (Wildman–Crippen LogP) is 2.77.